The van der Waals surface area contributed by atoms with Gasteiger partial charge in [0.2, 0.25) is 0 Å². The van der Waals surface area contributed by atoms with Crippen LogP contribution in [0.25, 0.3) is 0 Å². The van der Waals surface area contributed by atoms with E-state index >= 15 is 0 Å². The maximum Gasteiger partial charge on any atom is 0.147 e. The largest absolute Gasteiger partial charge is 0.314 e. The van der Waals surface area contributed by atoms with E-state index < -0.39 is 0 Å². The highest BCUT2D eigenvalue weighted by molar-refractivity contribution is 6.16. The molecule has 0 saturated heterocycles. The van der Waals surface area contributed by atoms with Gasteiger partial charge >= 0.3 is 0 Å². The first-order valence-corrected chi connectivity index (χ1v) is 7.41. The van der Waals surface area contributed by atoms with Crippen molar-refractivity contribution in [1.29, 1.82) is 0 Å². The molecule has 1 atom stereocenters. The predicted molar refractivity (Wildman–Crippen MR) is 76.5 cm³/mol. The number of aryl methyl sites for hydroxylation is 1. The van der Waals surface area contributed by atoms with Gasteiger partial charge in [0, 0.05) is 12.5 Å². The van der Waals surface area contributed by atoms with Gasteiger partial charge in [-0.25, -0.2) is 0 Å². The van der Waals surface area contributed by atoms with Crippen LogP contribution in [-0.2, 0) is 25.3 Å². The monoisotopic (exact) mass is 275 g/mol. The number of hydrogen-bond acceptors (Lipinski definition) is 2. The molecule has 4 heteroatoms. The van der Waals surface area contributed by atoms with Gasteiger partial charge in [-0.05, 0) is 37.3 Å². The van der Waals surface area contributed by atoms with Crippen molar-refractivity contribution in [3.8, 4) is 0 Å². The standard InChI is InChI=1S/C15H18ClN3/c1-2-19-14(10-16)17-18-15(19)13-8-7-11-5-3-4-6-12(11)9-13/h3-6,13H,2,7-10H2,1H3. The zero-order valence-corrected chi connectivity index (χ0v) is 11.9. The Labute approximate surface area is 118 Å². The van der Waals surface area contributed by atoms with Crippen molar-refractivity contribution in [2.75, 3.05) is 0 Å². The normalized spacial score (nSPS) is 18.3. The van der Waals surface area contributed by atoms with Gasteiger partial charge in [0.1, 0.15) is 11.6 Å². The minimum absolute atomic E-state index is 0.435. The molecule has 1 aromatic carbocycles. The fourth-order valence-electron chi connectivity index (χ4n) is 3.01. The molecule has 3 nitrogen and oxygen atoms in total. The molecule has 0 saturated carbocycles. The van der Waals surface area contributed by atoms with Gasteiger partial charge in [0.05, 0.1) is 5.88 Å². The lowest BCUT2D eigenvalue weighted by Gasteiger charge is -2.24. The third kappa shape index (κ3) is 2.27. The lowest BCUT2D eigenvalue weighted by Crippen LogP contribution is -2.17. The molecule has 19 heavy (non-hydrogen) atoms. The molecular weight excluding hydrogens is 258 g/mol. The van der Waals surface area contributed by atoms with Crippen LogP contribution in [0, 0.1) is 0 Å². The van der Waals surface area contributed by atoms with E-state index in [1.807, 2.05) is 0 Å². The molecule has 1 aliphatic carbocycles. The molecule has 0 amide bonds. The maximum atomic E-state index is 5.92. The minimum atomic E-state index is 0.435. The topological polar surface area (TPSA) is 30.7 Å². The van der Waals surface area contributed by atoms with E-state index in [0.29, 0.717) is 11.8 Å². The Hall–Kier alpha value is -1.35. The molecule has 2 aromatic rings. The number of aromatic nitrogens is 3. The van der Waals surface area contributed by atoms with E-state index in [-0.39, 0.29) is 0 Å². The Morgan fingerprint density at radius 2 is 2.05 bits per heavy atom. The number of hydrogen-bond donors (Lipinski definition) is 0. The van der Waals surface area contributed by atoms with Crippen molar-refractivity contribution in [2.24, 2.45) is 0 Å². The summed E-state index contributed by atoms with van der Waals surface area (Å²) in [7, 11) is 0. The molecule has 1 aromatic heterocycles. The van der Waals surface area contributed by atoms with Crippen LogP contribution < -0.4 is 0 Å². The average Bonchev–Trinajstić information content (AvgIpc) is 2.89. The number of fused-ring (bicyclic) bond motifs is 1. The van der Waals surface area contributed by atoms with Gasteiger partial charge in [-0.1, -0.05) is 24.3 Å². The average molecular weight is 276 g/mol. The van der Waals surface area contributed by atoms with Crippen LogP contribution in [0.5, 0.6) is 0 Å². The summed E-state index contributed by atoms with van der Waals surface area (Å²) >= 11 is 5.92. The van der Waals surface area contributed by atoms with Crippen LogP contribution in [0.2, 0.25) is 0 Å². The number of alkyl halides is 1. The molecule has 0 bridgehead atoms. The molecule has 1 aliphatic rings. The number of rotatable bonds is 3. The fourth-order valence-corrected chi connectivity index (χ4v) is 3.21. The number of halogens is 1. The zero-order valence-electron chi connectivity index (χ0n) is 11.1. The van der Waals surface area contributed by atoms with Crippen LogP contribution in [0.3, 0.4) is 0 Å². The quantitative estimate of drug-likeness (QED) is 0.805. The molecule has 0 spiro atoms. The zero-order chi connectivity index (χ0) is 13.2. The Kier molecular flexibility index (Phi) is 3.56. The van der Waals surface area contributed by atoms with Crippen molar-refractivity contribution in [1.82, 2.24) is 14.8 Å². The SMILES string of the molecule is CCn1c(CCl)nnc1C1CCc2ccccc2C1. The highest BCUT2D eigenvalue weighted by Gasteiger charge is 2.25. The van der Waals surface area contributed by atoms with E-state index in [1.165, 1.54) is 11.1 Å². The summed E-state index contributed by atoms with van der Waals surface area (Å²) in [6.45, 7) is 3.02. The summed E-state index contributed by atoms with van der Waals surface area (Å²) in [5.74, 6) is 2.90. The van der Waals surface area contributed by atoms with E-state index in [4.69, 9.17) is 11.6 Å². The summed E-state index contributed by atoms with van der Waals surface area (Å²) in [6.07, 6.45) is 3.35. The second kappa shape index (κ2) is 5.33. The molecule has 3 rings (SSSR count). The van der Waals surface area contributed by atoms with Crippen molar-refractivity contribution in [2.45, 2.75) is 44.5 Å². The molecule has 0 aliphatic heterocycles. The summed E-state index contributed by atoms with van der Waals surface area (Å²) in [5, 5.41) is 8.60. The lowest BCUT2D eigenvalue weighted by atomic mass is 9.83. The predicted octanol–water partition coefficient (Wildman–Crippen LogP) is 3.31. The summed E-state index contributed by atoms with van der Waals surface area (Å²) in [4.78, 5) is 0. The van der Waals surface area contributed by atoms with E-state index in [9.17, 15) is 0 Å². The third-order valence-corrected chi connectivity index (χ3v) is 4.24. The summed E-state index contributed by atoms with van der Waals surface area (Å²) in [6, 6.07) is 8.71. The van der Waals surface area contributed by atoms with Gasteiger partial charge in [-0.3, -0.25) is 0 Å². The maximum absolute atomic E-state index is 5.92. The smallest absolute Gasteiger partial charge is 0.147 e. The molecule has 0 N–H and O–H groups in total. The number of benzene rings is 1. The molecule has 100 valence electrons. The highest BCUT2D eigenvalue weighted by atomic mass is 35.5. The second-order valence-electron chi connectivity index (χ2n) is 5.06. The molecule has 0 fully saturated rings. The van der Waals surface area contributed by atoms with Crippen LogP contribution >= 0.6 is 11.6 Å². The molecule has 0 radical (unpaired) electrons. The van der Waals surface area contributed by atoms with Crippen molar-refractivity contribution in [3.05, 3.63) is 47.0 Å². The van der Waals surface area contributed by atoms with E-state index in [1.54, 1.807) is 0 Å². The third-order valence-electron chi connectivity index (χ3n) is 4.00. The first kappa shape index (κ1) is 12.7. The molecule has 1 heterocycles. The van der Waals surface area contributed by atoms with Crippen LogP contribution in [-0.4, -0.2) is 14.8 Å². The Balaban J connectivity index is 1.91. The first-order valence-electron chi connectivity index (χ1n) is 6.88. The van der Waals surface area contributed by atoms with Crippen LogP contribution in [0.15, 0.2) is 24.3 Å². The van der Waals surface area contributed by atoms with Crippen molar-refractivity contribution < 1.29 is 0 Å². The van der Waals surface area contributed by atoms with Gasteiger partial charge in [-0.2, -0.15) is 0 Å². The molecular formula is C15H18ClN3. The van der Waals surface area contributed by atoms with Crippen molar-refractivity contribution >= 4 is 11.6 Å². The van der Waals surface area contributed by atoms with Gasteiger partial charge in [0.15, 0.2) is 0 Å². The van der Waals surface area contributed by atoms with Crippen molar-refractivity contribution in [3.63, 3.8) is 0 Å². The van der Waals surface area contributed by atoms with E-state index in [0.717, 1.165) is 37.5 Å². The van der Waals surface area contributed by atoms with Crippen LogP contribution in [0.4, 0.5) is 0 Å². The Morgan fingerprint density at radius 1 is 1.26 bits per heavy atom. The van der Waals surface area contributed by atoms with Gasteiger partial charge in [0.25, 0.3) is 0 Å². The second-order valence-corrected chi connectivity index (χ2v) is 5.33. The number of nitrogens with zero attached hydrogens (tertiary/aromatic N) is 3. The first-order chi connectivity index (χ1) is 9.33. The highest BCUT2D eigenvalue weighted by Crippen LogP contribution is 2.32. The summed E-state index contributed by atoms with van der Waals surface area (Å²) in [5.41, 5.74) is 2.94. The van der Waals surface area contributed by atoms with Gasteiger partial charge < -0.3 is 4.57 Å². The minimum Gasteiger partial charge on any atom is -0.314 e. The fraction of sp³-hybridized carbons (Fsp3) is 0.467. The molecule has 1 unspecified atom stereocenters. The summed E-state index contributed by atoms with van der Waals surface area (Å²) < 4.78 is 2.17. The van der Waals surface area contributed by atoms with Gasteiger partial charge in [-0.15, -0.1) is 21.8 Å². The van der Waals surface area contributed by atoms with Crippen LogP contribution in [0.1, 0.15) is 42.0 Å². The lowest BCUT2D eigenvalue weighted by molar-refractivity contribution is 0.520. The Bertz CT molecular complexity index is 577. The Morgan fingerprint density at radius 3 is 2.79 bits per heavy atom. The van der Waals surface area contributed by atoms with E-state index in [2.05, 4.69) is 46.0 Å².